The first kappa shape index (κ1) is 15.4. The highest BCUT2D eigenvalue weighted by Gasteiger charge is 2.25. The second-order valence-corrected chi connectivity index (χ2v) is 7.83. The van der Waals surface area contributed by atoms with Gasteiger partial charge in [-0.2, -0.15) is 0 Å². The summed E-state index contributed by atoms with van der Waals surface area (Å²) in [5.74, 6) is 1.04. The molecule has 1 aliphatic heterocycles. The molecule has 0 saturated carbocycles. The Labute approximate surface area is 150 Å². The van der Waals surface area contributed by atoms with E-state index in [-0.39, 0.29) is 6.04 Å². The maximum absolute atomic E-state index is 5.00. The van der Waals surface area contributed by atoms with E-state index in [0.717, 1.165) is 34.8 Å². The van der Waals surface area contributed by atoms with E-state index in [1.54, 1.807) is 11.3 Å². The molecule has 6 heteroatoms. The van der Waals surface area contributed by atoms with Gasteiger partial charge in [0.25, 0.3) is 0 Å². The molecule has 0 aliphatic carbocycles. The van der Waals surface area contributed by atoms with E-state index in [9.17, 15) is 0 Å². The third-order valence-electron chi connectivity index (χ3n) is 3.58. The molecule has 0 unspecified atom stereocenters. The van der Waals surface area contributed by atoms with Gasteiger partial charge in [-0.1, -0.05) is 22.0 Å². The summed E-state index contributed by atoms with van der Waals surface area (Å²) >= 11 is 7.67. The minimum Gasteiger partial charge on any atom is -0.355 e. The summed E-state index contributed by atoms with van der Waals surface area (Å²) in [7, 11) is 0. The van der Waals surface area contributed by atoms with Crippen molar-refractivity contribution in [2.45, 2.75) is 19.4 Å². The highest BCUT2D eigenvalue weighted by Crippen LogP contribution is 2.33. The van der Waals surface area contributed by atoms with Gasteiger partial charge in [0, 0.05) is 32.7 Å². The van der Waals surface area contributed by atoms with Crippen molar-refractivity contribution in [3.8, 4) is 0 Å². The Morgan fingerprint density at radius 2 is 2.33 bits per heavy atom. The summed E-state index contributed by atoms with van der Waals surface area (Å²) in [6, 6.07) is 6.69. The van der Waals surface area contributed by atoms with Gasteiger partial charge in [-0.3, -0.25) is 4.99 Å². The van der Waals surface area contributed by atoms with Gasteiger partial charge in [-0.05, 0) is 53.6 Å². The summed E-state index contributed by atoms with van der Waals surface area (Å²) in [4.78, 5) is 11.7. The van der Waals surface area contributed by atoms with Crippen LogP contribution in [0.3, 0.4) is 0 Å². The van der Waals surface area contributed by atoms with Gasteiger partial charge in [-0.25, -0.2) is 4.98 Å². The van der Waals surface area contributed by atoms with Gasteiger partial charge in [0.15, 0.2) is 10.8 Å². The van der Waals surface area contributed by atoms with Crippen LogP contribution < -0.4 is 0 Å². The van der Waals surface area contributed by atoms with E-state index in [4.69, 9.17) is 4.99 Å². The molecule has 0 amide bonds. The first-order valence-corrected chi connectivity index (χ1v) is 9.61. The summed E-state index contributed by atoms with van der Waals surface area (Å²) < 4.78 is 2.38. The molecular formula is C15H15BrIN3S. The second kappa shape index (κ2) is 6.75. The van der Waals surface area contributed by atoms with Crippen LogP contribution in [0.25, 0.3) is 0 Å². The summed E-state index contributed by atoms with van der Waals surface area (Å²) in [5.41, 5.74) is 1.26. The Morgan fingerprint density at radius 3 is 3.00 bits per heavy atom. The molecule has 21 heavy (non-hydrogen) atoms. The Hall–Kier alpha value is -0.470. The quantitative estimate of drug-likeness (QED) is 0.600. The van der Waals surface area contributed by atoms with Crippen molar-refractivity contribution in [2.75, 3.05) is 13.1 Å². The summed E-state index contributed by atoms with van der Waals surface area (Å²) in [5, 5.41) is 3.03. The van der Waals surface area contributed by atoms with Gasteiger partial charge >= 0.3 is 0 Å². The molecule has 0 radical (unpaired) electrons. The number of rotatable bonds is 3. The Kier molecular flexibility index (Phi) is 4.96. The van der Waals surface area contributed by atoms with E-state index in [2.05, 4.69) is 73.5 Å². The van der Waals surface area contributed by atoms with Gasteiger partial charge in [0.2, 0.25) is 0 Å². The van der Waals surface area contributed by atoms with Crippen LogP contribution in [0.4, 0.5) is 0 Å². The fraction of sp³-hybridized carbons (Fsp3) is 0.333. The number of aliphatic imine (C=N–C) groups is 1. The molecule has 0 fully saturated rings. The van der Waals surface area contributed by atoms with Crippen molar-refractivity contribution >= 4 is 55.7 Å². The lowest BCUT2D eigenvalue weighted by atomic mass is 10.0. The minimum absolute atomic E-state index is 0.207. The van der Waals surface area contributed by atoms with Crippen LogP contribution in [0.5, 0.6) is 0 Å². The van der Waals surface area contributed by atoms with Crippen molar-refractivity contribution < 1.29 is 0 Å². The van der Waals surface area contributed by atoms with Crippen LogP contribution in [0.15, 0.2) is 39.2 Å². The Bertz CT molecular complexity index is 657. The van der Waals surface area contributed by atoms with E-state index in [1.165, 1.54) is 9.13 Å². The summed E-state index contributed by atoms with van der Waals surface area (Å²) in [6.07, 6.45) is 2.89. The SMILES string of the molecule is CCN1CC[C@H](c2ccc(I)cc2Br)N=C1c1nccs1. The monoisotopic (exact) mass is 475 g/mol. The van der Waals surface area contributed by atoms with Crippen LogP contribution in [0.1, 0.15) is 30.0 Å². The fourth-order valence-electron chi connectivity index (χ4n) is 2.51. The molecular weight excluding hydrogens is 461 g/mol. The van der Waals surface area contributed by atoms with E-state index in [0.29, 0.717) is 0 Å². The summed E-state index contributed by atoms with van der Waals surface area (Å²) in [6.45, 7) is 4.17. The van der Waals surface area contributed by atoms with Crippen LogP contribution >= 0.6 is 49.9 Å². The Balaban J connectivity index is 1.99. The fourth-order valence-corrected chi connectivity index (χ4v) is 4.73. The number of aromatic nitrogens is 1. The molecule has 1 aromatic heterocycles. The number of hydrogen-bond acceptors (Lipinski definition) is 4. The van der Waals surface area contributed by atoms with Crippen molar-refractivity contribution in [2.24, 2.45) is 4.99 Å². The molecule has 1 aromatic carbocycles. The zero-order chi connectivity index (χ0) is 14.8. The zero-order valence-corrected chi connectivity index (χ0v) is 16.2. The third kappa shape index (κ3) is 3.32. The lowest BCUT2D eigenvalue weighted by Gasteiger charge is -2.31. The van der Waals surface area contributed by atoms with Crippen LogP contribution in [0.2, 0.25) is 0 Å². The predicted octanol–water partition coefficient (Wildman–Crippen LogP) is 4.72. The van der Waals surface area contributed by atoms with Crippen molar-refractivity contribution in [3.05, 3.63) is 48.4 Å². The molecule has 1 aliphatic rings. The first-order valence-electron chi connectivity index (χ1n) is 6.86. The average Bonchev–Trinajstić information content (AvgIpc) is 3.01. The molecule has 0 bridgehead atoms. The number of hydrogen-bond donors (Lipinski definition) is 0. The molecule has 2 heterocycles. The highest BCUT2D eigenvalue weighted by molar-refractivity contribution is 14.1. The minimum atomic E-state index is 0.207. The van der Waals surface area contributed by atoms with E-state index >= 15 is 0 Å². The van der Waals surface area contributed by atoms with Crippen LogP contribution in [-0.4, -0.2) is 28.8 Å². The first-order chi connectivity index (χ1) is 10.2. The van der Waals surface area contributed by atoms with E-state index in [1.807, 2.05) is 11.6 Å². The lowest BCUT2D eigenvalue weighted by molar-refractivity contribution is 0.381. The number of amidine groups is 1. The molecule has 2 aromatic rings. The number of thiazole rings is 1. The molecule has 0 spiro atoms. The topological polar surface area (TPSA) is 28.5 Å². The second-order valence-electron chi connectivity index (χ2n) is 4.84. The molecule has 0 saturated heterocycles. The average molecular weight is 476 g/mol. The lowest BCUT2D eigenvalue weighted by Crippen LogP contribution is -2.37. The van der Waals surface area contributed by atoms with E-state index < -0.39 is 0 Å². The molecule has 3 rings (SSSR count). The van der Waals surface area contributed by atoms with Crippen molar-refractivity contribution in [1.82, 2.24) is 9.88 Å². The maximum atomic E-state index is 5.00. The largest absolute Gasteiger partial charge is 0.355 e. The number of benzene rings is 1. The number of halogens is 2. The number of nitrogens with zero attached hydrogens (tertiary/aromatic N) is 3. The molecule has 110 valence electrons. The highest BCUT2D eigenvalue weighted by atomic mass is 127. The van der Waals surface area contributed by atoms with Gasteiger partial charge in [0.05, 0.1) is 6.04 Å². The smallest absolute Gasteiger partial charge is 0.161 e. The van der Waals surface area contributed by atoms with Gasteiger partial charge in [-0.15, -0.1) is 11.3 Å². The van der Waals surface area contributed by atoms with Crippen molar-refractivity contribution in [3.63, 3.8) is 0 Å². The standard InChI is InChI=1S/C15H15BrIN3S/c1-2-20-7-5-13(11-4-3-10(17)9-12(11)16)19-14(20)15-18-6-8-21-15/h3-4,6,8-9,13H,2,5,7H2,1H3/t13-/m1/s1. The van der Waals surface area contributed by atoms with Crippen LogP contribution in [0, 0.1) is 3.57 Å². The predicted molar refractivity (Wildman–Crippen MR) is 100 cm³/mol. The zero-order valence-electron chi connectivity index (χ0n) is 11.6. The van der Waals surface area contributed by atoms with Crippen molar-refractivity contribution in [1.29, 1.82) is 0 Å². The Morgan fingerprint density at radius 1 is 1.48 bits per heavy atom. The third-order valence-corrected chi connectivity index (χ3v) is 5.70. The molecule has 0 N–H and O–H groups in total. The van der Waals surface area contributed by atoms with Gasteiger partial charge < -0.3 is 4.90 Å². The maximum Gasteiger partial charge on any atom is 0.161 e. The van der Waals surface area contributed by atoms with Gasteiger partial charge in [0.1, 0.15) is 0 Å². The normalized spacial score (nSPS) is 18.7. The molecule has 3 nitrogen and oxygen atoms in total. The molecule has 1 atom stereocenters. The van der Waals surface area contributed by atoms with Crippen LogP contribution in [-0.2, 0) is 0 Å².